The van der Waals surface area contributed by atoms with Gasteiger partial charge in [0.15, 0.2) is 5.72 Å². The van der Waals surface area contributed by atoms with Crippen molar-refractivity contribution in [2.24, 2.45) is 0 Å². The molecule has 2 aliphatic carbocycles. The molecule has 4 rings (SSSR count). The van der Waals surface area contributed by atoms with Gasteiger partial charge in [0.05, 0.1) is 4.92 Å². The number of nitrogens with zero attached hydrogens (tertiary/aromatic N) is 2. The van der Waals surface area contributed by atoms with Gasteiger partial charge in [-0.25, -0.2) is 0 Å². The molecule has 0 radical (unpaired) electrons. The van der Waals surface area contributed by atoms with Gasteiger partial charge in [0, 0.05) is 41.3 Å². The first kappa shape index (κ1) is 20.6. The van der Waals surface area contributed by atoms with Gasteiger partial charge in [-0.05, 0) is 43.2 Å². The van der Waals surface area contributed by atoms with E-state index in [2.05, 4.69) is 0 Å². The third-order valence-electron chi connectivity index (χ3n) is 5.96. The van der Waals surface area contributed by atoms with Crippen molar-refractivity contribution in [3.8, 4) is 0 Å². The van der Waals surface area contributed by atoms with E-state index < -0.39 is 10.6 Å². The van der Waals surface area contributed by atoms with E-state index in [4.69, 9.17) is 11.6 Å². The molecule has 1 aliphatic heterocycles. The topological polar surface area (TPSA) is 83.7 Å². The molecule has 0 aromatic heterocycles. The molecule has 0 saturated carbocycles. The number of allylic oxidation sites excluding steroid dienone is 4. The number of benzene rings is 1. The van der Waals surface area contributed by atoms with Crippen molar-refractivity contribution in [2.75, 3.05) is 0 Å². The summed E-state index contributed by atoms with van der Waals surface area (Å²) < 4.78 is 0. The van der Waals surface area contributed by atoms with Crippen LogP contribution in [0.2, 0.25) is 0 Å². The predicted molar refractivity (Wildman–Crippen MR) is 114 cm³/mol. The fourth-order valence-electron chi connectivity index (χ4n) is 4.44. The van der Waals surface area contributed by atoms with Crippen LogP contribution in [0.5, 0.6) is 0 Å². The Morgan fingerprint density at radius 2 is 1.90 bits per heavy atom. The zero-order valence-corrected chi connectivity index (χ0v) is 17.3. The number of non-ortho nitro benzene ring substituents is 1. The number of halogens is 1. The predicted octanol–water partition coefficient (Wildman–Crippen LogP) is 4.90. The quantitative estimate of drug-likeness (QED) is 0.548. The second-order valence-electron chi connectivity index (χ2n) is 7.80. The number of hydrogen-bond donors (Lipinski definition) is 1. The molecule has 1 aromatic carbocycles. The maximum Gasteiger partial charge on any atom is 0.269 e. The molecule has 1 aromatic rings. The first-order valence-corrected chi connectivity index (χ1v) is 10.5. The van der Waals surface area contributed by atoms with Crippen molar-refractivity contribution in [3.05, 3.63) is 86.0 Å². The molecule has 156 valence electrons. The average molecular weight is 427 g/mol. The second kappa shape index (κ2) is 8.20. The molecule has 3 aliphatic rings. The molecule has 1 unspecified atom stereocenters. The van der Waals surface area contributed by atoms with E-state index in [0.29, 0.717) is 36.8 Å². The van der Waals surface area contributed by atoms with Crippen molar-refractivity contribution < 1.29 is 14.8 Å². The van der Waals surface area contributed by atoms with Crippen LogP contribution in [0, 0.1) is 10.1 Å². The highest BCUT2D eigenvalue weighted by Crippen LogP contribution is 2.47. The number of amides is 1. The fourth-order valence-corrected chi connectivity index (χ4v) is 4.62. The van der Waals surface area contributed by atoms with Gasteiger partial charge in [-0.1, -0.05) is 48.0 Å². The molecule has 1 atom stereocenters. The standard InChI is InChI=1S/C23H23ClN2O4/c24-18-7-3-5-17(6-4-8-18)23(28)21-10-2-1-9-20(21)22(27)25(23)15-16-11-13-19(14-12-16)26(29)30/h3,5-6,8,11-14,28H,1-2,4,7,9-10,15H2/b5-3?,17-6+,18-8+. The molecular formula is C23H23ClN2O4. The van der Waals surface area contributed by atoms with Crippen LogP contribution in [0.1, 0.15) is 44.1 Å². The van der Waals surface area contributed by atoms with Crippen LogP contribution >= 0.6 is 11.6 Å². The molecule has 1 amide bonds. The summed E-state index contributed by atoms with van der Waals surface area (Å²) in [5.74, 6) is -0.157. The first-order chi connectivity index (χ1) is 14.4. The molecule has 0 fully saturated rings. The van der Waals surface area contributed by atoms with Crippen molar-refractivity contribution in [1.82, 2.24) is 4.90 Å². The number of nitro benzene ring substituents is 1. The maximum absolute atomic E-state index is 13.3. The lowest BCUT2D eigenvalue weighted by molar-refractivity contribution is -0.384. The Balaban J connectivity index is 1.73. The van der Waals surface area contributed by atoms with Gasteiger partial charge in [0.2, 0.25) is 0 Å². The summed E-state index contributed by atoms with van der Waals surface area (Å²) >= 11 is 6.14. The lowest BCUT2D eigenvalue weighted by Crippen LogP contribution is -2.49. The van der Waals surface area contributed by atoms with Gasteiger partial charge in [0.1, 0.15) is 0 Å². The molecular weight excluding hydrogens is 404 g/mol. The Morgan fingerprint density at radius 3 is 2.63 bits per heavy atom. The Kier molecular flexibility index (Phi) is 5.62. The number of aliphatic hydroxyl groups is 1. The van der Waals surface area contributed by atoms with Gasteiger partial charge in [-0.2, -0.15) is 0 Å². The molecule has 30 heavy (non-hydrogen) atoms. The average Bonchev–Trinajstić information content (AvgIpc) is 2.94. The van der Waals surface area contributed by atoms with E-state index in [9.17, 15) is 20.0 Å². The van der Waals surface area contributed by atoms with E-state index in [1.165, 1.54) is 17.0 Å². The molecule has 0 saturated heterocycles. The fraction of sp³-hybridized carbons (Fsp3) is 0.348. The third kappa shape index (κ3) is 3.61. The minimum absolute atomic E-state index is 0.00601. The summed E-state index contributed by atoms with van der Waals surface area (Å²) in [7, 11) is 0. The van der Waals surface area contributed by atoms with Gasteiger partial charge >= 0.3 is 0 Å². The highest BCUT2D eigenvalue weighted by molar-refractivity contribution is 6.29. The second-order valence-corrected chi connectivity index (χ2v) is 8.29. The van der Waals surface area contributed by atoms with Crippen molar-refractivity contribution in [1.29, 1.82) is 0 Å². The normalized spacial score (nSPS) is 27.7. The van der Waals surface area contributed by atoms with Crippen molar-refractivity contribution in [2.45, 2.75) is 50.8 Å². The lowest BCUT2D eigenvalue weighted by atomic mass is 9.84. The molecule has 0 bridgehead atoms. The SMILES string of the molecule is O=C1C2=C(CCCC2)C(O)(/C2=C/C/C=C(/Cl)CC=C2)N1Cc1ccc([N+](=O)[O-])cc1. The van der Waals surface area contributed by atoms with Gasteiger partial charge < -0.3 is 5.11 Å². The summed E-state index contributed by atoms with van der Waals surface area (Å²) in [6.45, 7) is 0.169. The maximum atomic E-state index is 13.3. The number of carbonyl (C=O) groups excluding carboxylic acids is 1. The van der Waals surface area contributed by atoms with Crippen LogP contribution in [-0.2, 0) is 11.3 Å². The van der Waals surface area contributed by atoms with Crippen LogP contribution < -0.4 is 0 Å². The van der Waals surface area contributed by atoms with Crippen LogP contribution in [0.15, 0.2) is 70.3 Å². The summed E-state index contributed by atoms with van der Waals surface area (Å²) in [5.41, 5.74) is 1.37. The summed E-state index contributed by atoms with van der Waals surface area (Å²) in [4.78, 5) is 25.3. The zero-order valence-electron chi connectivity index (χ0n) is 16.5. The van der Waals surface area contributed by atoms with Crippen LogP contribution in [0.25, 0.3) is 0 Å². The largest absolute Gasteiger partial charge is 0.363 e. The highest BCUT2D eigenvalue weighted by atomic mass is 35.5. The van der Waals surface area contributed by atoms with E-state index in [0.717, 1.165) is 29.0 Å². The van der Waals surface area contributed by atoms with Crippen molar-refractivity contribution in [3.63, 3.8) is 0 Å². The smallest absolute Gasteiger partial charge is 0.269 e. The Bertz CT molecular complexity index is 1010. The number of rotatable bonds is 4. The molecule has 1 N–H and O–H groups in total. The number of hydrogen-bond acceptors (Lipinski definition) is 4. The van der Waals surface area contributed by atoms with Crippen LogP contribution in [0.4, 0.5) is 5.69 Å². The van der Waals surface area contributed by atoms with E-state index in [1.54, 1.807) is 12.1 Å². The zero-order chi connectivity index (χ0) is 21.3. The summed E-state index contributed by atoms with van der Waals surface area (Å²) in [5, 5.41) is 23.7. The van der Waals surface area contributed by atoms with E-state index >= 15 is 0 Å². The summed E-state index contributed by atoms with van der Waals surface area (Å²) in [6, 6.07) is 6.11. The van der Waals surface area contributed by atoms with Gasteiger partial charge in [-0.3, -0.25) is 19.8 Å². The monoisotopic (exact) mass is 426 g/mol. The van der Waals surface area contributed by atoms with Crippen LogP contribution in [-0.4, -0.2) is 26.6 Å². The van der Waals surface area contributed by atoms with Crippen LogP contribution in [0.3, 0.4) is 0 Å². The Labute approximate surface area is 180 Å². The first-order valence-electron chi connectivity index (χ1n) is 10.1. The van der Waals surface area contributed by atoms with Gasteiger partial charge in [0.25, 0.3) is 11.6 Å². The highest BCUT2D eigenvalue weighted by Gasteiger charge is 2.52. The van der Waals surface area contributed by atoms with E-state index in [-0.39, 0.29) is 18.1 Å². The molecule has 7 heteroatoms. The van der Waals surface area contributed by atoms with E-state index in [1.807, 2.05) is 24.3 Å². The Morgan fingerprint density at radius 1 is 1.17 bits per heavy atom. The molecule has 0 spiro atoms. The lowest BCUT2D eigenvalue weighted by Gasteiger charge is -2.38. The summed E-state index contributed by atoms with van der Waals surface area (Å²) in [6.07, 6.45) is 11.9. The third-order valence-corrected chi connectivity index (χ3v) is 6.27. The number of nitro groups is 1. The van der Waals surface area contributed by atoms with Crippen molar-refractivity contribution >= 4 is 23.2 Å². The number of carbonyl (C=O) groups is 1. The minimum Gasteiger partial charge on any atom is -0.363 e. The Hall–Kier alpha value is -2.70. The minimum atomic E-state index is -1.51. The van der Waals surface area contributed by atoms with Gasteiger partial charge in [-0.15, -0.1) is 0 Å². The molecule has 6 nitrogen and oxygen atoms in total. The molecule has 1 heterocycles.